The molecule has 1 aliphatic rings. The number of hydrogen-bond acceptors (Lipinski definition) is 7. The molecule has 1 aromatic carbocycles. The fourth-order valence-corrected chi connectivity index (χ4v) is 3.37. The predicted octanol–water partition coefficient (Wildman–Crippen LogP) is 4.14. The number of carbonyl (C=O) groups excluding carboxylic acids is 1. The van der Waals surface area contributed by atoms with Crippen LogP contribution in [0.1, 0.15) is 53.4 Å². The van der Waals surface area contributed by atoms with Crippen LogP contribution in [-0.4, -0.2) is 42.9 Å². The number of ether oxygens (including phenoxy) is 3. The molecule has 0 radical (unpaired) electrons. The van der Waals surface area contributed by atoms with E-state index in [0.717, 1.165) is 6.07 Å². The summed E-state index contributed by atoms with van der Waals surface area (Å²) >= 11 is 0. The summed E-state index contributed by atoms with van der Waals surface area (Å²) in [6.07, 6.45) is -3.59. The van der Waals surface area contributed by atoms with Gasteiger partial charge in [0.05, 0.1) is 49.6 Å². The number of nitrogens with one attached hydrogen (secondary N) is 1. The van der Waals surface area contributed by atoms with E-state index in [0.29, 0.717) is 19.6 Å². The Kier molecular flexibility index (Phi) is 7.97. The number of aryl methyl sites for hydroxylation is 1. The highest BCUT2D eigenvalue weighted by molar-refractivity contribution is 5.73. The number of alkyl halides is 3. The topological polar surface area (TPSA) is 82.6 Å². The van der Waals surface area contributed by atoms with E-state index >= 15 is 0 Å². The SMILES string of the molecule is COC(=O)Cc1nc(C)nc(NC(CF)c2cccc(C(F)F)c2F)c1C1OCCCO1. The number of benzene rings is 1. The van der Waals surface area contributed by atoms with Gasteiger partial charge in [0.2, 0.25) is 0 Å². The Morgan fingerprint density at radius 2 is 1.94 bits per heavy atom. The maximum Gasteiger partial charge on any atom is 0.311 e. The molecule has 0 spiro atoms. The van der Waals surface area contributed by atoms with Crippen LogP contribution < -0.4 is 5.32 Å². The second-order valence-corrected chi connectivity index (χ2v) is 7.06. The van der Waals surface area contributed by atoms with Crippen molar-refractivity contribution in [3.8, 4) is 0 Å². The predicted molar refractivity (Wildman–Crippen MR) is 105 cm³/mol. The van der Waals surface area contributed by atoms with Crippen LogP contribution in [0, 0.1) is 12.7 Å². The van der Waals surface area contributed by atoms with Crippen LogP contribution in [0.2, 0.25) is 0 Å². The van der Waals surface area contributed by atoms with Crippen molar-refractivity contribution in [2.45, 2.75) is 38.5 Å². The number of halogens is 4. The lowest BCUT2D eigenvalue weighted by molar-refractivity contribution is -0.183. The van der Waals surface area contributed by atoms with E-state index in [1.54, 1.807) is 6.92 Å². The molecule has 3 rings (SSSR count). The Labute approximate surface area is 182 Å². The van der Waals surface area contributed by atoms with E-state index in [1.807, 2.05) is 0 Å². The standard InChI is InChI=1S/C21H23F4N3O4/c1-11-26-14(9-16(29)30-2)17(21-31-7-4-8-32-21)20(27-11)28-15(10-22)12-5-3-6-13(18(12)23)19(24)25/h3,5-6,15,19,21H,4,7-10H2,1-2H3,(H,26,27,28). The van der Waals surface area contributed by atoms with Crippen molar-refractivity contribution in [1.82, 2.24) is 9.97 Å². The molecule has 1 unspecified atom stereocenters. The zero-order valence-corrected chi connectivity index (χ0v) is 17.5. The molecule has 0 aliphatic carbocycles. The smallest absolute Gasteiger partial charge is 0.311 e. The van der Waals surface area contributed by atoms with Crippen LogP contribution in [-0.2, 0) is 25.4 Å². The van der Waals surface area contributed by atoms with Gasteiger partial charge in [-0.15, -0.1) is 0 Å². The summed E-state index contributed by atoms with van der Waals surface area (Å²) < 4.78 is 70.9. The number of anilines is 1. The number of carbonyl (C=O) groups is 1. The highest BCUT2D eigenvalue weighted by Gasteiger charge is 2.29. The summed E-state index contributed by atoms with van der Waals surface area (Å²) in [6, 6.07) is 2.05. The van der Waals surface area contributed by atoms with Gasteiger partial charge < -0.3 is 19.5 Å². The number of esters is 1. The van der Waals surface area contributed by atoms with Crippen molar-refractivity contribution in [2.24, 2.45) is 0 Å². The van der Waals surface area contributed by atoms with Crippen LogP contribution >= 0.6 is 0 Å². The lowest BCUT2D eigenvalue weighted by Gasteiger charge is -2.28. The fourth-order valence-electron chi connectivity index (χ4n) is 3.37. The minimum absolute atomic E-state index is 0.0489. The number of hydrogen-bond donors (Lipinski definition) is 1. The van der Waals surface area contributed by atoms with Crippen molar-refractivity contribution in [2.75, 3.05) is 32.3 Å². The number of methoxy groups -OCH3 is 1. The number of rotatable bonds is 8. The van der Waals surface area contributed by atoms with E-state index in [-0.39, 0.29) is 34.9 Å². The first-order valence-electron chi connectivity index (χ1n) is 9.92. The summed E-state index contributed by atoms with van der Waals surface area (Å²) in [7, 11) is 1.22. The highest BCUT2D eigenvalue weighted by atomic mass is 19.3. The molecule has 32 heavy (non-hydrogen) atoms. The van der Waals surface area contributed by atoms with Gasteiger partial charge in [0, 0.05) is 5.56 Å². The zero-order chi connectivity index (χ0) is 23.3. The van der Waals surface area contributed by atoms with Crippen molar-refractivity contribution in [3.05, 3.63) is 52.2 Å². The highest BCUT2D eigenvalue weighted by Crippen LogP contribution is 2.34. The molecule has 1 atom stereocenters. The first-order valence-corrected chi connectivity index (χ1v) is 9.92. The average Bonchev–Trinajstić information content (AvgIpc) is 2.78. The van der Waals surface area contributed by atoms with Gasteiger partial charge in [-0.25, -0.2) is 27.5 Å². The fraction of sp³-hybridized carbons (Fsp3) is 0.476. The van der Waals surface area contributed by atoms with Gasteiger partial charge in [0.15, 0.2) is 6.29 Å². The van der Waals surface area contributed by atoms with Crippen LogP contribution in [0.25, 0.3) is 0 Å². The Morgan fingerprint density at radius 3 is 2.56 bits per heavy atom. The molecular weight excluding hydrogens is 434 g/mol. The van der Waals surface area contributed by atoms with Gasteiger partial charge >= 0.3 is 5.97 Å². The normalized spacial score (nSPS) is 15.6. The first-order chi connectivity index (χ1) is 15.3. The third-order valence-electron chi connectivity index (χ3n) is 4.87. The third kappa shape index (κ3) is 5.33. The molecule has 1 N–H and O–H groups in total. The van der Waals surface area contributed by atoms with Crippen molar-refractivity contribution in [3.63, 3.8) is 0 Å². The van der Waals surface area contributed by atoms with Crippen molar-refractivity contribution < 1.29 is 36.6 Å². The molecule has 1 saturated heterocycles. The second-order valence-electron chi connectivity index (χ2n) is 7.06. The molecule has 11 heteroatoms. The lowest BCUT2D eigenvalue weighted by Crippen LogP contribution is -2.25. The second kappa shape index (κ2) is 10.7. The molecule has 0 bridgehead atoms. The summed E-state index contributed by atoms with van der Waals surface area (Å²) in [5.74, 6) is -1.49. The largest absolute Gasteiger partial charge is 0.469 e. The Morgan fingerprint density at radius 1 is 1.25 bits per heavy atom. The number of aromatic nitrogens is 2. The summed E-state index contributed by atoms with van der Waals surface area (Å²) in [6.45, 7) is 1.17. The molecule has 1 aliphatic heterocycles. The quantitative estimate of drug-likeness (QED) is 0.471. The number of nitrogens with zero attached hydrogens (tertiary/aromatic N) is 2. The minimum atomic E-state index is -3.05. The van der Waals surface area contributed by atoms with E-state index in [9.17, 15) is 22.4 Å². The van der Waals surface area contributed by atoms with Crippen molar-refractivity contribution in [1.29, 1.82) is 0 Å². The van der Waals surface area contributed by atoms with Crippen LogP contribution in [0.15, 0.2) is 18.2 Å². The molecule has 7 nitrogen and oxygen atoms in total. The Hall–Kier alpha value is -2.79. The molecule has 1 aromatic heterocycles. The molecule has 1 fully saturated rings. The van der Waals surface area contributed by atoms with E-state index < -0.39 is 42.8 Å². The van der Waals surface area contributed by atoms with Crippen molar-refractivity contribution >= 4 is 11.8 Å². The maximum absolute atomic E-state index is 14.7. The van der Waals surface area contributed by atoms with E-state index in [4.69, 9.17) is 14.2 Å². The van der Waals surface area contributed by atoms with Crippen LogP contribution in [0.3, 0.4) is 0 Å². The maximum atomic E-state index is 14.7. The lowest BCUT2D eigenvalue weighted by atomic mass is 10.0. The Bertz CT molecular complexity index is 955. The van der Waals surface area contributed by atoms with Gasteiger partial charge in [-0.1, -0.05) is 18.2 Å². The third-order valence-corrected chi connectivity index (χ3v) is 4.87. The van der Waals surface area contributed by atoms with Gasteiger partial charge in [0.25, 0.3) is 6.43 Å². The van der Waals surface area contributed by atoms with Gasteiger partial charge in [-0.05, 0) is 13.3 Å². The summed E-state index contributed by atoms with van der Waals surface area (Å²) in [5.41, 5.74) is -0.637. The van der Waals surface area contributed by atoms with Gasteiger partial charge in [0.1, 0.15) is 24.1 Å². The molecule has 2 heterocycles. The molecule has 0 amide bonds. The van der Waals surface area contributed by atoms with Crippen LogP contribution in [0.5, 0.6) is 0 Å². The van der Waals surface area contributed by atoms with Crippen LogP contribution in [0.4, 0.5) is 23.4 Å². The zero-order valence-electron chi connectivity index (χ0n) is 17.5. The molecular formula is C21H23F4N3O4. The summed E-state index contributed by atoms with van der Waals surface area (Å²) in [5, 5.41) is 2.77. The van der Waals surface area contributed by atoms with E-state index in [2.05, 4.69) is 15.3 Å². The Balaban J connectivity index is 2.05. The summed E-state index contributed by atoms with van der Waals surface area (Å²) in [4.78, 5) is 20.5. The first kappa shape index (κ1) is 23.9. The minimum Gasteiger partial charge on any atom is -0.469 e. The molecule has 174 valence electrons. The molecule has 0 saturated carbocycles. The average molecular weight is 457 g/mol. The monoisotopic (exact) mass is 457 g/mol. The molecule has 2 aromatic rings. The van der Waals surface area contributed by atoms with Gasteiger partial charge in [-0.2, -0.15) is 0 Å². The van der Waals surface area contributed by atoms with E-state index in [1.165, 1.54) is 19.2 Å². The van der Waals surface area contributed by atoms with Gasteiger partial charge in [-0.3, -0.25) is 4.79 Å².